The quantitative estimate of drug-likeness (QED) is 0.889. The van der Waals surface area contributed by atoms with Crippen LogP contribution in [0.4, 0.5) is 10.5 Å². The molecule has 108 valence electrons. The topological polar surface area (TPSA) is 69.6 Å². The fourth-order valence-corrected chi connectivity index (χ4v) is 2.53. The molecule has 2 N–H and O–H groups in total. The van der Waals surface area contributed by atoms with Crippen LogP contribution in [0.3, 0.4) is 0 Å². The molecule has 0 radical (unpaired) electrons. The third kappa shape index (κ3) is 3.16. The smallest absolute Gasteiger partial charge is 0.335 e. The summed E-state index contributed by atoms with van der Waals surface area (Å²) >= 11 is 12.0. The van der Waals surface area contributed by atoms with Crippen molar-refractivity contribution in [1.29, 1.82) is 0 Å². The van der Waals surface area contributed by atoms with Gasteiger partial charge < -0.3 is 15.3 Å². The monoisotopic (exact) mass is 316 g/mol. The van der Waals surface area contributed by atoms with Crippen LogP contribution in [0.2, 0.25) is 10.0 Å². The van der Waals surface area contributed by atoms with Crippen molar-refractivity contribution in [3.8, 4) is 0 Å². The maximum atomic E-state index is 12.1. The molecule has 2 amide bonds. The second-order valence-corrected chi connectivity index (χ2v) is 5.38. The molecule has 1 aliphatic rings. The lowest BCUT2D eigenvalue weighted by molar-refractivity contribution is 0.0697. The van der Waals surface area contributed by atoms with Gasteiger partial charge in [0.2, 0.25) is 0 Å². The van der Waals surface area contributed by atoms with E-state index in [-0.39, 0.29) is 33.4 Å². The summed E-state index contributed by atoms with van der Waals surface area (Å²) in [5.74, 6) is -1.13. The van der Waals surface area contributed by atoms with Gasteiger partial charge in [0.1, 0.15) is 0 Å². The minimum atomic E-state index is -1.13. The second kappa shape index (κ2) is 5.89. The molecule has 20 heavy (non-hydrogen) atoms. The van der Waals surface area contributed by atoms with E-state index in [1.165, 1.54) is 12.1 Å². The Hall–Kier alpha value is -1.46. The van der Waals surface area contributed by atoms with E-state index < -0.39 is 5.97 Å². The van der Waals surface area contributed by atoms with Crippen molar-refractivity contribution in [2.24, 2.45) is 0 Å². The van der Waals surface area contributed by atoms with E-state index in [1.54, 1.807) is 4.90 Å². The van der Waals surface area contributed by atoms with Crippen molar-refractivity contribution in [2.45, 2.75) is 25.8 Å². The number of hydrogen-bond acceptors (Lipinski definition) is 2. The van der Waals surface area contributed by atoms with E-state index in [4.69, 9.17) is 28.3 Å². The lowest BCUT2D eigenvalue weighted by atomic mass is 10.2. The zero-order valence-electron chi connectivity index (χ0n) is 10.8. The van der Waals surface area contributed by atoms with Gasteiger partial charge in [-0.3, -0.25) is 0 Å². The van der Waals surface area contributed by atoms with Crippen LogP contribution in [0.5, 0.6) is 0 Å². The number of aromatic carboxylic acids is 1. The number of carbonyl (C=O) groups is 2. The first-order valence-corrected chi connectivity index (χ1v) is 6.99. The number of carbonyl (C=O) groups excluding carboxylic acids is 1. The predicted molar refractivity (Wildman–Crippen MR) is 77.8 cm³/mol. The summed E-state index contributed by atoms with van der Waals surface area (Å²) < 4.78 is 0. The van der Waals surface area contributed by atoms with E-state index in [1.807, 2.05) is 6.92 Å². The van der Waals surface area contributed by atoms with Crippen LogP contribution in [0, 0.1) is 0 Å². The molecule has 0 saturated heterocycles. The molecule has 1 fully saturated rings. The number of carboxylic acids is 1. The molecule has 5 nitrogen and oxygen atoms in total. The van der Waals surface area contributed by atoms with Gasteiger partial charge in [-0.2, -0.15) is 0 Å². The van der Waals surface area contributed by atoms with Crippen LogP contribution in [-0.4, -0.2) is 34.6 Å². The first kappa shape index (κ1) is 14.9. The number of hydrogen-bond donors (Lipinski definition) is 2. The van der Waals surface area contributed by atoms with Gasteiger partial charge in [-0.15, -0.1) is 0 Å². The van der Waals surface area contributed by atoms with Crippen LogP contribution < -0.4 is 5.32 Å². The number of carboxylic acid groups (broad SMARTS) is 1. The molecule has 7 heteroatoms. The Morgan fingerprint density at radius 2 is 1.90 bits per heavy atom. The van der Waals surface area contributed by atoms with Crippen LogP contribution >= 0.6 is 23.2 Å². The van der Waals surface area contributed by atoms with Gasteiger partial charge in [0, 0.05) is 12.6 Å². The Labute approximate surface area is 126 Å². The summed E-state index contributed by atoms with van der Waals surface area (Å²) in [6.07, 6.45) is 2.00. The Balaban J connectivity index is 2.20. The van der Waals surface area contributed by atoms with Crippen molar-refractivity contribution in [2.75, 3.05) is 11.9 Å². The molecular formula is C13H14Cl2N2O3. The van der Waals surface area contributed by atoms with E-state index in [0.29, 0.717) is 6.54 Å². The van der Waals surface area contributed by atoms with Crippen molar-refractivity contribution in [3.63, 3.8) is 0 Å². The van der Waals surface area contributed by atoms with Crippen LogP contribution in [0.1, 0.15) is 30.1 Å². The van der Waals surface area contributed by atoms with Crippen molar-refractivity contribution in [1.82, 2.24) is 4.90 Å². The fraction of sp³-hybridized carbons (Fsp3) is 0.385. The molecule has 1 aliphatic carbocycles. The SMILES string of the molecule is CCN(C(=O)Nc1c(Cl)cc(C(=O)O)cc1Cl)C1CC1. The van der Waals surface area contributed by atoms with Gasteiger partial charge in [0.05, 0.1) is 21.3 Å². The number of benzene rings is 1. The normalized spacial score (nSPS) is 13.9. The molecule has 1 aromatic carbocycles. The predicted octanol–water partition coefficient (Wildman–Crippen LogP) is 3.71. The van der Waals surface area contributed by atoms with Gasteiger partial charge in [-0.25, -0.2) is 9.59 Å². The summed E-state index contributed by atoms with van der Waals surface area (Å²) in [5.41, 5.74) is 0.218. The van der Waals surface area contributed by atoms with Crippen LogP contribution in [0.25, 0.3) is 0 Å². The highest BCUT2D eigenvalue weighted by Crippen LogP contribution is 2.33. The third-order valence-corrected chi connectivity index (χ3v) is 3.71. The maximum absolute atomic E-state index is 12.1. The van der Waals surface area contributed by atoms with Gasteiger partial charge in [0.25, 0.3) is 0 Å². The third-order valence-electron chi connectivity index (χ3n) is 3.11. The number of anilines is 1. The number of rotatable bonds is 4. The standard InChI is InChI=1S/C13H14Cl2N2O3/c1-2-17(8-3-4-8)13(20)16-11-9(14)5-7(12(18)19)6-10(11)15/h5-6,8H,2-4H2,1H3,(H,16,20)(H,18,19). The average molecular weight is 317 g/mol. The number of nitrogens with one attached hydrogen (secondary N) is 1. The Bertz CT molecular complexity index is 536. The number of amides is 2. The Morgan fingerprint density at radius 3 is 2.30 bits per heavy atom. The van der Waals surface area contributed by atoms with Gasteiger partial charge in [-0.05, 0) is 31.9 Å². The molecule has 1 aromatic rings. The summed E-state index contributed by atoms with van der Waals surface area (Å²) in [7, 11) is 0. The van der Waals surface area contributed by atoms with Gasteiger partial charge in [0.15, 0.2) is 0 Å². The van der Waals surface area contributed by atoms with Crippen molar-refractivity contribution >= 4 is 40.9 Å². The Morgan fingerprint density at radius 1 is 1.35 bits per heavy atom. The number of urea groups is 1. The van der Waals surface area contributed by atoms with Gasteiger partial charge >= 0.3 is 12.0 Å². The van der Waals surface area contributed by atoms with E-state index in [9.17, 15) is 9.59 Å². The van der Waals surface area contributed by atoms with Crippen LogP contribution in [0.15, 0.2) is 12.1 Å². The van der Waals surface area contributed by atoms with E-state index in [2.05, 4.69) is 5.32 Å². The molecule has 0 aromatic heterocycles. The lowest BCUT2D eigenvalue weighted by Crippen LogP contribution is -2.36. The first-order valence-electron chi connectivity index (χ1n) is 6.24. The number of nitrogens with zero attached hydrogens (tertiary/aromatic N) is 1. The maximum Gasteiger partial charge on any atom is 0.335 e. The molecule has 0 spiro atoms. The van der Waals surface area contributed by atoms with Crippen molar-refractivity contribution < 1.29 is 14.7 Å². The first-order chi connectivity index (χ1) is 9.43. The summed E-state index contributed by atoms with van der Waals surface area (Å²) in [6.45, 7) is 2.49. The minimum absolute atomic E-state index is 0.0208. The highest BCUT2D eigenvalue weighted by Gasteiger charge is 2.31. The van der Waals surface area contributed by atoms with E-state index >= 15 is 0 Å². The fourth-order valence-electron chi connectivity index (χ4n) is 1.95. The average Bonchev–Trinajstić information content (AvgIpc) is 3.18. The summed E-state index contributed by atoms with van der Waals surface area (Å²) in [5, 5.41) is 11.8. The molecule has 0 bridgehead atoms. The summed E-state index contributed by atoms with van der Waals surface area (Å²) in [6, 6.07) is 2.52. The molecule has 2 rings (SSSR count). The molecular weight excluding hydrogens is 303 g/mol. The zero-order chi connectivity index (χ0) is 14.9. The minimum Gasteiger partial charge on any atom is -0.478 e. The Kier molecular flexibility index (Phi) is 4.40. The molecule has 1 saturated carbocycles. The highest BCUT2D eigenvalue weighted by molar-refractivity contribution is 6.40. The van der Waals surface area contributed by atoms with E-state index in [0.717, 1.165) is 12.8 Å². The molecule has 0 unspecified atom stereocenters. The van der Waals surface area contributed by atoms with Gasteiger partial charge in [-0.1, -0.05) is 23.2 Å². The molecule has 0 atom stereocenters. The number of halogens is 2. The van der Waals surface area contributed by atoms with Crippen LogP contribution in [-0.2, 0) is 0 Å². The molecule has 0 aliphatic heterocycles. The molecule has 0 heterocycles. The highest BCUT2D eigenvalue weighted by atomic mass is 35.5. The van der Waals surface area contributed by atoms with Crippen molar-refractivity contribution in [3.05, 3.63) is 27.7 Å². The largest absolute Gasteiger partial charge is 0.478 e. The zero-order valence-corrected chi connectivity index (χ0v) is 12.3. The second-order valence-electron chi connectivity index (χ2n) is 4.57. The lowest BCUT2D eigenvalue weighted by Gasteiger charge is -2.21. The summed E-state index contributed by atoms with van der Waals surface area (Å²) in [4.78, 5) is 24.7.